The lowest BCUT2D eigenvalue weighted by Crippen LogP contribution is -2.39. The number of aromatic amines is 1. The van der Waals surface area contributed by atoms with Crippen LogP contribution in [0.5, 0.6) is 11.5 Å². The lowest BCUT2D eigenvalue weighted by Gasteiger charge is -2.20. The number of nitrogens with zero attached hydrogens (tertiary/aromatic N) is 3. The Labute approximate surface area is 169 Å². The van der Waals surface area contributed by atoms with E-state index in [4.69, 9.17) is 13.9 Å². The molecule has 2 aromatic heterocycles. The zero-order valence-electron chi connectivity index (χ0n) is 17.0. The van der Waals surface area contributed by atoms with Crippen molar-refractivity contribution >= 4 is 5.96 Å². The number of hydrogen-bond donors (Lipinski definition) is 3. The maximum Gasteiger partial charge on any atom is 0.216 e. The highest BCUT2D eigenvalue weighted by Gasteiger charge is 2.14. The van der Waals surface area contributed by atoms with Gasteiger partial charge < -0.3 is 24.5 Å². The first kappa shape index (κ1) is 20.2. The third-order valence-corrected chi connectivity index (χ3v) is 4.41. The fraction of sp³-hybridized carbons (Fsp3) is 0.350. The second-order valence-corrected chi connectivity index (χ2v) is 6.31. The Morgan fingerprint density at radius 2 is 2.14 bits per heavy atom. The molecule has 154 valence electrons. The Morgan fingerprint density at radius 1 is 1.28 bits per heavy atom. The summed E-state index contributed by atoms with van der Waals surface area (Å²) in [5.74, 6) is 4.18. The van der Waals surface area contributed by atoms with Crippen LogP contribution in [0.2, 0.25) is 0 Å². The van der Waals surface area contributed by atoms with Crippen molar-refractivity contribution in [2.45, 2.75) is 19.4 Å². The van der Waals surface area contributed by atoms with Crippen LogP contribution in [0.25, 0.3) is 11.6 Å². The average molecular weight is 398 g/mol. The summed E-state index contributed by atoms with van der Waals surface area (Å²) in [6.45, 7) is 2.67. The summed E-state index contributed by atoms with van der Waals surface area (Å²) in [5, 5.41) is 13.7. The number of ether oxygens (including phenoxy) is 2. The number of nitrogens with one attached hydrogen (secondary N) is 3. The van der Waals surface area contributed by atoms with Crippen LogP contribution in [-0.4, -0.2) is 49.0 Å². The van der Waals surface area contributed by atoms with Crippen LogP contribution in [0.4, 0.5) is 0 Å². The molecule has 0 saturated carbocycles. The molecular weight excluding hydrogens is 372 g/mol. The number of benzene rings is 1. The summed E-state index contributed by atoms with van der Waals surface area (Å²) in [6.07, 6.45) is 2.26. The van der Waals surface area contributed by atoms with Crippen molar-refractivity contribution in [2.24, 2.45) is 4.99 Å². The van der Waals surface area contributed by atoms with Crippen LogP contribution in [0.1, 0.15) is 24.4 Å². The molecule has 1 aromatic carbocycles. The van der Waals surface area contributed by atoms with E-state index in [0.717, 1.165) is 22.9 Å². The molecular formula is C20H26N6O3. The van der Waals surface area contributed by atoms with Gasteiger partial charge in [-0.1, -0.05) is 0 Å². The Kier molecular flexibility index (Phi) is 6.72. The van der Waals surface area contributed by atoms with Crippen LogP contribution in [-0.2, 0) is 6.42 Å². The third kappa shape index (κ3) is 5.07. The van der Waals surface area contributed by atoms with Gasteiger partial charge in [0.1, 0.15) is 17.3 Å². The molecule has 0 amide bonds. The molecule has 9 heteroatoms. The molecule has 0 bridgehead atoms. The Balaban J connectivity index is 1.56. The zero-order valence-corrected chi connectivity index (χ0v) is 17.0. The van der Waals surface area contributed by atoms with Gasteiger partial charge in [0.2, 0.25) is 5.82 Å². The molecule has 3 rings (SSSR count). The van der Waals surface area contributed by atoms with E-state index < -0.39 is 0 Å². The van der Waals surface area contributed by atoms with E-state index in [9.17, 15) is 0 Å². The smallest absolute Gasteiger partial charge is 0.216 e. The van der Waals surface area contributed by atoms with Gasteiger partial charge in [0.05, 0.1) is 26.5 Å². The summed E-state index contributed by atoms with van der Waals surface area (Å²) >= 11 is 0. The minimum atomic E-state index is -0.0397. The number of guanidine groups is 1. The predicted molar refractivity (Wildman–Crippen MR) is 110 cm³/mol. The molecule has 0 fully saturated rings. The molecule has 2 heterocycles. The van der Waals surface area contributed by atoms with Gasteiger partial charge in [0.25, 0.3) is 0 Å². The van der Waals surface area contributed by atoms with Gasteiger partial charge in [-0.25, -0.2) is 4.98 Å². The SMILES string of the molecule is CN=C(NCCc1nc(-c2ccco2)n[nH]1)NC(C)c1cc(OC)ccc1OC. The second kappa shape index (κ2) is 9.63. The van der Waals surface area contributed by atoms with E-state index in [1.807, 2.05) is 31.2 Å². The van der Waals surface area contributed by atoms with E-state index in [1.54, 1.807) is 33.6 Å². The Hall–Kier alpha value is -3.49. The highest BCUT2D eigenvalue weighted by molar-refractivity contribution is 5.80. The minimum absolute atomic E-state index is 0.0397. The highest BCUT2D eigenvalue weighted by Crippen LogP contribution is 2.29. The number of H-pyrrole nitrogens is 1. The minimum Gasteiger partial charge on any atom is -0.497 e. The topological polar surface area (TPSA) is 110 Å². The molecule has 0 aliphatic rings. The van der Waals surface area contributed by atoms with Crippen LogP contribution < -0.4 is 20.1 Å². The third-order valence-electron chi connectivity index (χ3n) is 4.41. The van der Waals surface area contributed by atoms with Crippen molar-refractivity contribution < 1.29 is 13.9 Å². The largest absolute Gasteiger partial charge is 0.497 e. The first-order valence-electron chi connectivity index (χ1n) is 9.29. The maximum atomic E-state index is 5.47. The zero-order chi connectivity index (χ0) is 20.6. The maximum absolute atomic E-state index is 5.47. The quantitative estimate of drug-likeness (QED) is 0.395. The van der Waals surface area contributed by atoms with Gasteiger partial charge in [0.15, 0.2) is 11.7 Å². The van der Waals surface area contributed by atoms with Crippen LogP contribution in [0, 0.1) is 0 Å². The molecule has 1 atom stereocenters. The molecule has 0 radical (unpaired) electrons. The summed E-state index contributed by atoms with van der Waals surface area (Å²) in [6, 6.07) is 9.31. The number of hydrogen-bond acceptors (Lipinski definition) is 6. The number of aliphatic imine (C=N–C) groups is 1. The molecule has 0 aliphatic carbocycles. The van der Waals surface area contributed by atoms with Crippen molar-refractivity contribution in [1.29, 1.82) is 0 Å². The molecule has 0 aliphatic heterocycles. The second-order valence-electron chi connectivity index (χ2n) is 6.31. The van der Waals surface area contributed by atoms with Gasteiger partial charge in [-0.15, -0.1) is 0 Å². The van der Waals surface area contributed by atoms with Crippen molar-refractivity contribution in [3.05, 3.63) is 48.0 Å². The van der Waals surface area contributed by atoms with Gasteiger partial charge >= 0.3 is 0 Å². The van der Waals surface area contributed by atoms with Crippen LogP contribution in [0.15, 0.2) is 46.0 Å². The van der Waals surface area contributed by atoms with Crippen LogP contribution >= 0.6 is 0 Å². The van der Waals surface area contributed by atoms with Crippen molar-refractivity contribution in [3.63, 3.8) is 0 Å². The van der Waals surface area contributed by atoms with Crippen molar-refractivity contribution in [1.82, 2.24) is 25.8 Å². The van der Waals surface area contributed by atoms with Gasteiger partial charge in [-0.2, -0.15) is 5.10 Å². The number of furan rings is 1. The summed E-state index contributed by atoms with van der Waals surface area (Å²) in [5.41, 5.74) is 0.980. The summed E-state index contributed by atoms with van der Waals surface area (Å²) < 4.78 is 16.1. The first-order chi connectivity index (χ1) is 14.1. The van der Waals surface area contributed by atoms with Crippen molar-refractivity contribution in [2.75, 3.05) is 27.8 Å². The Morgan fingerprint density at radius 3 is 2.83 bits per heavy atom. The normalized spacial score (nSPS) is 12.5. The predicted octanol–water partition coefficient (Wildman–Crippen LogP) is 2.55. The summed E-state index contributed by atoms with van der Waals surface area (Å²) in [4.78, 5) is 8.72. The van der Waals surface area contributed by atoms with E-state index in [1.165, 1.54) is 0 Å². The van der Waals surface area contributed by atoms with Crippen LogP contribution in [0.3, 0.4) is 0 Å². The number of rotatable bonds is 8. The molecule has 9 nitrogen and oxygen atoms in total. The molecule has 29 heavy (non-hydrogen) atoms. The van der Waals surface area contributed by atoms with Gasteiger partial charge in [-0.3, -0.25) is 10.1 Å². The monoisotopic (exact) mass is 398 g/mol. The molecule has 3 aromatic rings. The lowest BCUT2D eigenvalue weighted by atomic mass is 10.1. The van der Waals surface area contributed by atoms with E-state index in [-0.39, 0.29) is 6.04 Å². The average Bonchev–Trinajstić information content (AvgIpc) is 3.44. The van der Waals surface area contributed by atoms with E-state index >= 15 is 0 Å². The van der Waals surface area contributed by atoms with Crippen molar-refractivity contribution in [3.8, 4) is 23.1 Å². The fourth-order valence-electron chi connectivity index (χ4n) is 2.88. The molecule has 0 spiro atoms. The Bertz CT molecular complexity index is 936. The van der Waals surface area contributed by atoms with E-state index in [0.29, 0.717) is 30.5 Å². The number of aromatic nitrogens is 3. The summed E-state index contributed by atoms with van der Waals surface area (Å²) in [7, 11) is 5.03. The standard InChI is InChI=1S/C20H26N6O3/c1-13(15-12-14(27-3)7-8-16(15)28-4)23-20(21-2)22-10-9-18-24-19(26-25-18)17-6-5-11-29-17/h5-8,11-13H,9-10H2,1-4H3,(H2,21,22,23)(H,24,25,26). The van der Waals surface area contributed by atoms with Gasteiger partial charge in [-0.05, 0) is 37.3 Å². The van der Waals surface area contributed by atoms with E-state index in [2.05, 4.69) is 30.8 Å². The molecule has 0 saturated heterocycles. The highest BCUT2D eigenvalue weighted by atomic mass is 16.5. The lowest BCUT2D eigenvalue weighted by molar-refractivity contribution is 0.394. The fourth-order valence-corrected chi connectivity index (χ4v) is 2.88. The van der Waals surface area contributed by atoms with Gasteiger partial charge in [0, 0.05) is 25.6 Å². The number of methoxy groups -OCH3 is 2. The first-order valence-corrected chi connectivity index (χ1v) is 9.29. The molecule has 1 unspecified atom stereocenters. The molecule has 3 N–H and O–H groups in total.